The van der Waals surface area contributed by atoms with Crippen LogP contribution in [0, 0.1) is 0 Å². The molecule has 2 amide bonds. The summed E-state index contributed by atoms with van der Waals surface area (Å²) in [7, 11) is 0. The molecule has 1 fully saturated rings. The van der Waals surface area contributed by atoms with Gasteiger partial charge in [0.15, 0.2) is 5.01 Å². The van der Waals surface area contributed by atoms with Gasteiger partial charge in [0.05, 0.1) is 23.2 Å². The van der Waals surface area contributed by atoms with E-state index < -0.39 is 18.1 Å². The van der Waals surface area contributed by atoms with Crippen LogP contribution in [0.2, 0.25) is 0 Å². The van der Waals surface area contributed by atoms with Crippen LogP contribution in [-0.4, -0.2) is 65.2 Å². The largest absolute Gasteiger partial charge is 0.391 e. The number of H-pyrrole nitrogens is 1. The molecule has 10 heteroatoms. The number of hydrogen-bond donors (Lipinski definition) is 5. The second-order valence-electron chi connectivity index (χ2n) is 8.37. The zero-order valence-corrected chi connectivity index (χ0v) is 18.8. The smallest absolute Gasteiger partial charge is 0.280 e. The van der Waals surface area contributed by atoms with Gasteiger partial charge in [-0.25, -0.2) is 4.98 Å². The molecule has 172 valence electrons. The van der Waals surface area contributed by atoms with Gasteiger partial charge in [-0.2, -0.15) is 0 Å². The third-order valence-electron chi connectivity index (χ3n) is 6.31. The summed E-state index contributed by atoms with van der Waals surface area (Å²) < 4.78 is 0. The molecule has 0 aliphatic carbocycles. The SMILES string of the molecule is NC(=O)c1ccc(N2CC[C@@H](O)[C@H](NC(=O)c3nccs3)C2)c2cc(C3=CCNCC3)[nH]c12. The lowest BCUT2D eigenvalue weighted by Crippen LogP contribution is -2.55. The summed E-state index contributed by atoms with van der Waals surface area (Å²) in [5.41, 5.74) is 9.93. The van der Waals surface area contributed by atoms with Gasteiger partial charge in [0.25, 0.3) is 11.8 Å². The maximum Gasteiger partial charge on any atom is 0.280 e. The van der Waals surface area contributed by atoms with Crippen molar-refractivity contribution in [2.24, 2.45) is 5.73 Å². The van der Waals surface area contributed by atoms with E-state index >= 15 is 0 Å². The molecule has 33 heavy (non-hydrogen) atoms. The molecule has 0 unspecified atom stereocenters. The van der Waals surface area contributed by atoms with Gasteiger partial charge < -0.3 is 31.4 Å². The van der Waals surface area contributed by atoms with Gasteiger partial charge in [-0.05, 0) is 43.2 Å². The monoisotopic (exact) mass is 466 g/mol. The van der Waals surface area contributed by atoms with Gasteiger partial charge in [0, 0.05) is 48.0 Å². The lowest BCUT2D eigenvalue weighted by atomic mass is 9.99. The van der Waals surface area contributed by atoms with Gasteiger partial charge in [-0.15, -0.1) is 11.3 Å². The van der Waals surface area contributed by atoms with E-state index in [1.165, 1.54) is 16.9 Å². The molecule has 4 heterocycles. The zero-order valence-electron chi connectivity index (χ0n) is 18.0. The second-order valence-corrected chi connectivity index (χ2v) is 9.27. The van der Waals surface area contributed by atoms with E-state index in [1.807, 2.05) is 6.07 Å². The fourth-order valence-corrected chi connectivity index (χ4v) is 5.13. The minimum absolute atomic E-state index is 0.285. The number of nitrogens with one attached hydrogen (secondary N) is 3. The number of carbonyl (C=O) groups excluding carboxylic acids is 2. The zero-order chi connectivity index (χ0) is 22.9. The fraction of sp³-hybridized carbons (Fsp3) is 0.348. The van der Waals surface area contributed by atoms with Gasteiger partial charge in [0.1, 0.15) is 0 Å². The molecule has 2 aromatic heterocycles. The van der Waals surface area contributed by atoms with E-state index in [2.05, 4.69) is 37.6 Å². The Morgan fingerprint density at radius 2 is 2.21 bits per heavy atom. The number of benzene rings is 1. The number of thiazole rings is 1. The molecular weight excluding hydrogens is 440 g/mol. The number of fused-ring (bicyclic) bond motifs is 1. The number of aliphatic hydroxyl groups excluding tert-OH is 1. The summed E-state index contributed by atoms with van der Waals surface area (Å²) in [5.74, 6) is -0.770. The molecule has 9 nitrogen and oxygen atoms in total. The molecule has 2 aliphatic heterocycles. The second kappa shape index (κ2) is 8.97. The van der Waals surface area contributed by atoms with E-state index in [9.17, 15) is 14.7 Å². The number of hydrogen-bond acceptors (Lipinski definition) is 7. The summed E-state index contributed by atoms with van der Waals surface area (Å²) in [6, 6.07) is 5.27. The summed E-state index contributed by atoms with van der Waals surface area (Å²) in [6.07, 6.45) is 4.50. The lowest BCUT2D eigenvalue weighted by molar-refractivity contribution is 0.0785. The molecule has 0 saturated carbocycles. The Kier molecular flexibility index (Phi) is 5.88. The first-order valence-electron chi connectivity index (χ1n) is 11.0. The normalized spacial score (nSPS) is 21.1. The number of aromatic nitrogens is 2. The molecule has 2 atom stereocenters. The third kappa shape index (κ3) is 4.24. The molecule has 3 aromatic rings. The van der Waals surface area contributed by atoms with Crippen molar-refractivity contribution in [3.63, 3.8) is 0 Å². The number of carbonyl (C=O) groups is 2. The first-order chi connectivity index (χ1) is 16.0. The van der Waals surface area contributed by atoms with E-state index in [-0.39, 0.29) is 5.91 Å². The number of nitrogens with zero attached hydrogens (tertiary/aromatic N) is 2. The number of nitrogens with two attached hydrogens (primary N) is 1. The highest BCUT2D eigenvalue weighted by Crippen LogP contribution is 2.34. The van der Waals surface area contributed by atoms with Crippen molar-refractivity contribution in [3.05, 3.63) is 52.1 Å². The first kappa shape index (κ1) is 21.6. The molecule has 1 aromatic carbocycles. The summed E-state index contributed by atoms with van der Waals surface area (Å²) in [4.78, 5) is 34.2. The highest BCUT2D eigenvalue weighted by molar-refractivity contribution is 7.11. The van der Waals surface area contributed by atoms with E-state index in [1.54, 1.807) is 17.6 Å². The van der Waals surface area contributed by atoms with Crippen LogP contribution >= 0.6 is 11.3 Å². The summed E-state index contributed by atoms with van der Waals surface area (Å²) in [5, 5.41) is 19.8. The molecule has 1 saturated heterocycles. The average Bonchev–Trinajstić information content (AvgIpc) is 3.51. The predicted octanol–water partition coefficient (Wildman–Crippen LogP) is 1.47. The van der Waals surface area contributed by atoms with Crippen molar-refractivity contribution < 1.29 is 14.7 Å². The van der Waals surface area contributed by atoms with Crippen molar-refractivity contribution in [3.8, 4) is 0 Å². The maximum atomic E-state index is 12.5. The van der Waals surface area contributed by atoms with Crippen LogP contribution in [0.1, 0.15) is 38.7 Å². The Hall–Kier alpha value is -3.21. The van der Waals surface area contributed by atoms with E-state index in [4.69, 9.17) is 5.73 Å². The lowest BCUT2D eigenvalue weighted by Gasteiger charge is -2.38. The minimum Gasteiger partial charge on any atom is -0.391 e. The fourth-order valence-electron chi connectivity index (χ4n) is 4.59. The van der Waals surface area contributed by atoms with Crippen molar-refractivity contribution in [2.45, 2.75) is 25.0 Å². The first-order valence-corrected chi connectivity index (χ1v) is 11.9. The molecular formula is C23H26N6O3S. The Morgan fingerprint density at radius 1 is 1.33 bits per heavy atom. The van der Waals surface area contributed by atoms with Crippen molar-refractivity contribution >= 4 is 45.3 Å². The summed E-state index contributed by atoms with van der Waals surface area (Å²) >= 11 is 1.26. The van der Waals surface area contributed by atoms with Gasteiger partial charge in [-0.3, -0.25) is 9.59 Å². The number of rotatable bonds is 5. The Bertz CT molecular complexity index is 1220. The highest BCUT2D eigenvalue weighted by atomic mass is 32.1. The number of primary amides is 1. The third-order valence-corrected chi connectivity index (χ3v) is 7.08. The predicted molar refractivity (Wildman–Crippen MR) is 128 cm³/mol. The average molecular weight is 467 g/mol. The van der Waals surface area contributed by atoms with Crippen molar-refractivity contribution in [1.29, 1.82) is 0 Å². The topological polar surface area (TPSA) is 136 Å². The molecule has 0 spiro atoms. The number of piperidine rings is 1. The van der Waals surface area contributed by atoms with Crippen molar-refractivity contribution in [1.82, 2.24) is 20.6 Å². The van der Waals surface area contributed by atoms with Gasteiger partial charge in [-0.1, -0.05) is 6.08 Å². The maximum absolute atomic E-state index is 12.5. The standard InChI is InChI=1S/C23H26N6O3S/c24-21(31)14-1-2-18(15-11-16(27-20(14)15)13-3-6-25-7-4-13)29-9-5-19(30)17(12-29)28-22(32)23-26-8-10-33-23/h1-3,8,10-11,17,19,25,27,30H,4-7,9,12H2,(H2,24,31)(H,28,32)/t17-,19-/m1/s1. The summed E-state index contributed by atoms with van der Waals surface area (Å²) in [6.45, 7) is 2.78. The highest BCUT2D eigenvalue weighted by Gasteiger charge is 2.31. The molecule has 0 bridgehead atoms. The molecule has 6 N–H and O–H groups in total. The van der Waals surface area contributed by atoms with Crippen LogP contribution in [0.25, 0.3) is 16.5 Å². The van der Waals surface area contributed by atoms with E-state index in [0.717, 1.165) is 36.3 Å². The Labute approximate surface area is 194 Å². The van der Waals surface area contributed by atoms with Crippen LogP contribution in [0.5, 0.6) is 0 Å². The van der Waals surface area contributed by atoms with Gasteiger partial charge >= 0.3 is 0 Å². The van der Waals surface area contributed by atoms with Crippen molar-refractivity contribution in [2.75, 3.05) is 31.1 Å². The molecule has 0 radical (unpaired) electrons. The van der Waals surface area contributed by atoms with E-state index in [0.29, 0.717) is 35.6 Å². The van der Waals surface area contributed by atoms with Crippen LogP contribution < -0.4 is 21.3 Å². The number of anilines is 1. The van der Waals surface area contributed by atoms with Crippen LogP contribution in [0.3, 0.4) is 0 Å². The Morgan fingerprint density at radius 3 is 2.94 bits per heavy atom. The van der Waals surface area contributed by atoms with Gasteiger partial charge in [0.2, 0.25) is 0 Å². The quantitative estimate of drug-likeness (QED) is 0.386. The van der Waals surface area contributed by atoms with Crippen LogP contribution in [0.15, 0.2) is 35.9 Å². The van der Waals surface area contributed by atoms with Crippen LogP contribution in [0.4, 0.5) is 5.69 Å². The van der Waals surface area contributed by atoms with Crippen LogP contribution in [-0.2, 0) is 0 Å². The number of amides is 2. The molecule has 5 rings (SSSR count). The Balaban J connectivity index is 1.47. The number of aromatic amines is 1. The number of aliphatic hydroxyl groups is 1. The molecule has 2 aliphatic rings. The minimum atomic E-state index is -0.646.